The molecule has 0 bridgehead atoms. The zero-order chi connectivity index (χ0) is 13.5. The van der Waals surface area contributed by atoms with Crippen molar-refractivity contribution in [2.75, 3.05) is 25.1 Å². The summed E-state index contributed by atoms with van der Waals surface area (Å²) in [7, 11) is 1.65. The molecule has 0 heterocycles. The number of benzene rings is 1. The van der Waals surface area contributed by atoms with Crippen LogP contribution in [0.4, 0.5) is 5.69 Å². The highest BCUT2D eigenvalue weighted by Crippen LogP contribution is 2.26. The van der Waals surface area contributed by atoms with Crippen molar-refractivity contribution in [3.05, 3.63) is 29.8 Å². The number of allylic oxidation sites excluding steroid dienone is 1. The van der Waals surface area contributed by atoms with Crippen molar-refractivity contribution >= 4 is 17.5 Å². The Morgan fingerprint density at radius 1 is 1.33 bits per heavy atom. The molecule has 0 aliphatic rings. The lowest BCUT2D eigenvalue weighted by molar-refractivity contribution is -0.112. The number of hydrogen-bond donors (Lipinski definition) is 0. The molecule has 0 amide bonds. The SMILES string of the molecule is CCN(CC)c1ccc(C=CC(C)=O)c(OC)c1. The van der Waals surface area contributed by atoms with Gasteiger partial charge in [-0.05, 0) is 45.1 Å². The Morgan fingerprint density at radius 3 is 2.50 bits per heavy atom. The highest BCUT2D eigenvalue weighted by Gasteiger charge is 2.06. The van der Waals surface area contributed by atoms with E-state index in [2.05, 4.69) is 24.8 Å². The van der Waals surface area contributed by atoms with Crippen molar-refractivity contribution in [3.63, 3.8) is 0 Å². The number of ether oxygens (including phenoxy) is 1. The van der Waals surface area contributed by atoms with Crippen LogP contribution in [0.3, 0.4) is 0 Å². The van der Waals surface area contributed by atoms with Gasteiger partial charge >= 0.3 is 0 Å². The van der Waals surface area contributed by atoms with E-state index < -0.39 is 0 Å². The van der Waals surface area contributed by atoms with Crippen LogP contribution in [0.15, 0.2) is 24.3 Å². The summed E-state index contributed by atoms with van der Waals surface area (Å²) in [5.41, 5.74) is 2.06. The van der Waals surface area contributed by atoms with E-state index in [9.17, 15) is 4.79 Å². The fraction of sp³-hybridized carbons (Fsp3) is 0.400. The Labute approximate surface area is 109 Å². The van der Waals surface area contributed by atoms with Gasteiger partial charge < -0.3 is 9.64 Å². The van der Waals surface area contributed by atoms with E-state index in [1.54, 1.807) is 19.3 Å². The van der Waals surface area contributed by atoms with Crippen LogP contribution in [0.25, 0.3) is 6.08 Å². The van der Waals surface area contributed by atoms with Crippen LogP contribution in [0.2, 0.25) is 0 Å². The lowest BCUT2D eigenvalue weighted by atomic mass is 10.1. The van der Waals surface area contributed by atoms with E-state index >= 15 is 0 Å². The Kier molecular flexibility index (Phi) is 5.43. The summed E-state index contributed by atoms with van der Waals surface area (Å²) in [5, 5.41) is 0. The van der Waals surface area contributed by atoms with Crippen LogP contribution < -0.4 is 9.64 Å². The minimum atomic E-state index is 0.0323. The summed E-state index contributed by atoms with van der Waals surface area (Å²) < 4.78 is 5.37. The number of nitrogens with zero attached hydrogens (tertiary/aromatic N) is 1. The maximum absolute atomic E-state index is 10.9. The number of methoxy groups -OCH3 is 1. The van der Waals surface area contributed by atoms with Crippen molar-refractivity contribution in [2.45, 2.75) is 20.8 Å². The molecule has 0 aliphatic carbocycles. The smallest absolute Gasteiger partial charge is 0.152 e. The number of carbonyl (C=O) groups excluding carboxylic acids is 1. The molecule has 0 unspecified atom stereocenters. The lowest BCUT2D eigenvalue weighted by Crippen LogP contribution is -2.21. The first-order valence-electron chi connectivity index (χ1n) is 6.24. The molecule has 0 aliphatic heterocycles. The van der Waals surface area contributed by atoms with Crippen LogP contribution in [-0.4, -0.2) is 26.0 Å². The second-order valence-corrected chi connectivity index (χ2v) is 4.04. The largest absolute Gasteiger partial charge is 0.496 e. The predicted octanol–water partition coefficient (Wildman–Crippen LogP) is 3.14. The van der Waals surface area contributed by atoms with Crippen LogP contribution in [0.1, 0.15) is 26.3 Å². The second-order valence-electron chi connectivity index (χ2n) is 4.04. The first-order valence-corrected chi connectivity index (χ1v) is 6.24. The van der Waals surface area contributed by atoms with E-state index in [0.29, 0.717) is 0 Å². The highest BCUT2D eigenvalue weighted by atomic mass is 16.5. The number of carbonyl (C=O) groups is 1. The van der Waals surface area contributed by atoms with E-state index in [1.807, 2.05) is 12.1 Å². The number of anilines is 1. The molecule has 3 heteroatoms. The Morgan fingerprint density at radius 2 is 2.00 bits per heavy atom. The van der Waals surface area contributed by atoms with Crippen molar-refractivity contribution in [1.29, 1.82) is 0 Å². The summed E-state index contributed by atoms with van der Waals surface area (Å²) in [5.74, 6) is 0.821. The van der Waals surface area contributed by atoms with Crippen LogP contribution in [0, 0.1) is 0 Å². The quantitative estimate of drug-likeness (QED) is 0.723. The fourth-order valence-corrected chi connectivity index (χ4v) is 1.83. The molecular weight excluding hydrogens is 226 g/mol. The van der Waals surface area contributed by atoms with Gasteiger partial charge in [-0.1, -0.05) is 0 Å². The number of hydrogen-bond acceptors (Lipinski definition) is 3. The third-order valence-corrected chi connectivity index (χ3v) is 2.84. The van der Waals surface area contributed by atoms with Gasteiger partial charge in [-0.2, -0.15) is 0 Å². The van der Waals surface area contributed by atoms with E-state index in [4.69, 9.17) is 4.74 Å². The molecule has 0 N–H and O–H groups in total. The second kappa shape index (κ2) is 6.84. The van der Waals surface area contributed by atoms with Gasteiger partial charge in [0.1, 0.15) is 5.75 Å². The molecule has 1 aromatic rings. The minimum absolute atomic E-state index is 0.0323. The number of rotatable bonds is 6. The van der Waals surface area contributed by atoms with Gasteiger partial charge in [0.2, 0.25) is 0 Å². The predicted molar refractivity (Wildman–Crippen MR) is 76.3 cm³/mol. The summed E-state index contributed by atoms with van der Waals surface area (Å²) in [4.78, 5) is 13.2. The van der Waals surface area contributed by atoms with Gasteiger partial charge in [0.25, 0.3) is 0 Å². The molecule has 0 saturated carbocycles. The molecule has 18 heavy (non-hydrogen) atoms. The van der Waals surface area contributed by atoms with E-state index in [1.165, 1.54) is 6.92 Å². The van der Waals surface area contributed by atoms with Gasteiger partial charge in [-0.3, -0.25) is 4.79 Å². The topological polar surface area (TPSA) is 29.5 Å². The Balaban J connectivity index is 3.06. The standard InChI is InChI=1S/C15H21NO2/c1-5-16(6-2)14-10-9-13(8-7-12(3)17)15(11-14)18-4/h7-11H,5-6H2,1-4H3. The maximum atomic E-state index is 10.9. The first-order chi connectivity index (χ1) is 8.62. The van der Waals surface area contributed by atoms with E-state index in [-0.39, 0.29) is 5.78 Å². The van der Waals surface area contributed by atoms with Crippen molar-refractivity contribution in [3.8, 4) is 5.75 Å². The average Bonchev–Trinajstić information content (AvgIpc) is 2.38. The van der Waals surface area contributed by atoms with Crippen molar-refractivity contribution in [1.82, 2.24) is 0 Å². The maximum Gasteiger partial charge on any atom is 0.152 e. The van der Waals surface area contributed by atoms with E-state index in [0.717, 1.165) is 30.1 Å². The fourth-order valence-electron chi connectivity index (χ4n) is 1.83. The van der Waals surface area contributed by atoms with Crippen LogP contribution in [-0.2, 0) is 4.79 Å². The molecule has 0 saturated heterocycles. The van der Waals surface area contributed by atoms with Crippen LogP contribution >= 0.6 is 0 Å². The summed E-state index contributed by atoms with van der Waals surface area (Å²) in [6.45, 7) is 7.71. The monoisotopic (exact) mass is 247 g/mol. The summed E-state index contributed by atoms with van der Waals surface area (Å²) in [6.07, 6.45) is 3.34. The Hall–Kier alpha value is -1.77. The summed E-state index contributed by atoms with van der Waals surface area (Å²) >= 11 is 0. The molecule has 98 valence electrons. The van der Waals surface area contributed by atoms with Gasteiger partial charge in [0, 0.05) is 30.4 Å². The highest BCUT2D eigenvalue weighted by molar-refractivity contribution is 5.92. The van der Waals surface area contributed by atoms with Gasteiger partial charge in [-0.15, -0.1) is 0 Å². The van der Waals surface area contributed by atoms with Gasteiger partial charge in [0.15, 0.2) is 5.78 Å². The zero-order valence-corrected chi connectivity index (χ0v) is 11.6. The Bertz CT molecular complexity index is 434. The van der Waals surface area contributed by atoms with Crippen LogP contribution in [0.5, 0.6) is 5.75 Å². The van der Waals surface area contributed by atoms with Crippen molar-refractivity contribution in [2.24, 2.45) is 0 Å². The molecule has 1 rings (SSSR count). The minimum Gasteiger partial charge on any atom is -0.496 e. The number of ketones is 1. The average molecular weight is 247 g/mol. The molecule has 0 aromatic heterocycles. The molecule has 0 atom stereocenters. The zero-order valence-electron chi connectivity index (χ0n) is 11.6. The normalized spacial score (nSPS) is 10.7. The van der Waals surface area contributed by atoms with Gasteiger partial charge in [0.05, 0.1) is 7.11 Å². The summed E-state index contributed by atoms with van der Waals surface area (Å²) in [6, 6.07) is 6.04. The first kappa shape index (κ1) is 14.3. The molecular formula is C15H21NO2. The molecule has 0 spiro atoms. The molecule has 1 aromatic carbocycles. The molecule has 0 fully saturated rings. The third-order valence-electron chi connectivity index (χ3n) is 2.84. The molecule has 3 nitrogen and oxygen atoms in total. The molecule has 0 radical (unpaired) electrons. The lowest BCUT2D eigenvalue weighted by Gasteiger charge is -2.22. The van der Waals surface area contributed by atoms with Crippen molar-refractivity contribution < 1.29 is 9.53 Å². The van der Waals surface area contributed by atoms with Gasteiger partial charge in [-0.25, -0.2) is 0 Å². The third kappa shape index (κ3) is 3.62.